The second-order valence-corrected chi connectivity index (χ2v) is 5.84. The fourth-order valence-corrected chi connectivity index (χ4v) is 2.46. The first kappa shape index (κ1) is 12.2. The van der Waals surface area contributed by atoms with Crippen LogP contribution in [0.2, 0.25) is 0 Å². The molecular formula is C14H18N4O. The van der Waals surface area contributed by atoms with Crippen LogP contribution < -0.4 is 5.32 Å². The molecule has 5 heteroatoms. The van der Waals surface area contributed by atoms with E-state index in [1.807, 2.05) is 17.7 Å². The van der Waals surface area contributed by atoms with E-state index in [4.69, 9.17) is 5.26 Å². The highest BCUT2D eigenvalue weighted by molar-refractivity contribution is 5.93. The van der Waals surface area contributed by atoms with Crippen molar-refractivity contribution >= 4 is 5.91 Å². The number of nitriles is 1. The highest BCUT2D eigenvalue weighted by atomic mass is 16.2. The van der Waals surface area contributed by atoms with Crippen LogP contribution in [0, 0.1) is 24.2 Å². The molecule has 2 fully saturated rings. The van der Waals surface area contributed by atoms with Crippen LogP contribution in [0.1, 0.15) is 54.8 Å². The first-order valence-corrected chi connectivity index (χ1v) is 6.84. The molecule has 5 nitrogen and oxygen atoms in total. The Balaban J connectivity index is 1.76. The van der Waals surface area contributed by atoms with Gasteiger partial charge in [0.1, 0.15) is 11.2 Å². The number of aryl methyl sites for hydroxylation is 1. The number of nitrogens with zero attached hydrogens (tertiary/aromatic N) is 3. The predicted octanol–water partition coefficient (Wildman–Crippen LogP) is 1.95. The monoisotopic (exact) mass is 258 g/mol. The van der Waals surface area contributed by atoms with Crippen LogP contribution in [0.25, 0.3) is 0 Å². The number of carbonyl (C=O) groups excluding carboxylic acids is 1. The molecule has 1 heterocycles. The van der Waals surface area contributed by atoms with E-state index in [2.05, 4.69) is 23.4 Å². The molecule has 19 heavy (non-hydrogen) atoms. The molecule has 100 valence electrons. The molecule has 1 atom stereocenters. The van der Waals surface area contributed by atoms with Crippen molar-refractivity contribution in [3.05, 3.63) is 17.5 Å². The maximum Gasteiger partial charge on any atom is 0.273 e. The average molecular weight is 258 g/mol. The molecule has 0 aromatic carbocycles. The summed E-state index contributed by atoms with van der Waals surface area (Å²) in [4.78, 5) is 12.1. The van der Waals surface area contributed by atoms with Crippen molar-refractivity contribution in [1.82, 2.24) is 15.1 Å². The third-order valence-corrected chi connectivity index (χ3v) is 4.16. The van der Waals surface area contributed by atoms with E-state index in [9.17, 15) is 4.79 Å². The van der Waals surface area contributed by atoms with Crippen LogP contribution in [0.3, 0.4) is 0 Å². The van der Waals surface area contributed by atoms with Gasteiger partial charge in [-0.2, -0.15) is 10.4 Å². The minimum atomic E-state index is -0.628. The molecule has 0 radical (unpaired) electrons. The Labute approximate surface area is 112 Å². The molecule has 2 aliphatic carbocycles. The fraction of sp³-hybridized carbons (Fsp3) is 0.643. The molecule has 1 unspecified atom stereocenters. The Hall–Kier alpha value is -1.83. The number of amides is 1. The number of carbonyl (C=O) groups is 1. The zero-order chi connectivity index (χ0) is 13.6. The van der Waals surface area contributed by atoms with Gasteiger partial charge in [-0.05, 0) is 51.5 Å². The standard InChI is InChI=1S/C14H18N4O/c1-9-7-12(13(19)16-14(8-15)5-6-14)17-18(9)10(2)11-3-4-11/h7,10-11H,3-6H2,1-2H3,(H,16,19). The number of nitrogens with one attached hydrogen (secondary N) is 1. The molecule has 2 aliphatic rings. The zero-order valence-corrected chi connectivity index (χ0v) is 11.3. The summed E-state index contributed by atoms with van der Waals surface area (Å²) in [6, 6.07) is 4.32. The van der Waals surface area contributed by atoms with Gasteiger partial charge in [-0.1, -0.05) is 0 Å². The van der Waals surface area contributed by atoms with Crippen molar-refractivity contribution in [3.8, 4) is 6.07 Å². The first-order valence-electron chi connectivity index (χ1n) is 6.84. The van der Waals surface area contributed by atoms with Gasteiger partial charge in [-0.3, -0.25) is 9.48 Å². The average Bonchev–Trinajstić information content (AvgIpc) is 3.28. The number of rotatable bonds is 4. The second-order valence-electron chi connectivity index (χ2n) is 5.84. The highest BCUT2D eigenvalue weighted by Gasteiger charge is 2.45. The third kappa shape index (κ3) is 2.23. The minimum Gasteiger partial charge on any atom is -0.332 e. The number of aromatic nitrogens is 2. The van der Waals surface area contributed by atoms with Gasteiger partial charge < -0.3 is 5.32 Å². The zero-order valence-electron chi connectivity index (χ0n) is 11.3. The van der Waals surface area contributed by atoms with Crippen molar-refractivity contribution in [2.24, 2.45) is 5.92 Å². The second kappa shape index (κ2) is 4.09. The lowest BCUT2D eigenvalue weighted by molar-refractivity contribution is 0.0935. The summed E-state index contributed by atoms with van der Waals surface area (Å²) in [6.07, 6.45) is 3.99. The summed E-state index contributed by atoms with van der Waals surface area (Å²) < 4.78 is 1.94. The maximum atomic E-state index is 12.1. The first-order chi connectivity index (χ1) is 9.04. The van der Waals surface area contributed by atoms with Gasteiger partial charge in [0.25, 0.3) is 5.91 Å². The summed E-state index contributed by atoms with van der Waals surface area (Å²) in [5, 5.41) is 16.2. The van der Waals surface area contributed by atoms with Crippen LogP contribution in [0.15, 0.2) is 6.07 Å². The molecule has 0 aliphatic heterocycles. The Kier molecular flexibility index (Phi) is 2.63. The van der Waals surface area contributed by atoms with Gasteiger partial charge in [-0.25, -0.2) is 0 Å². The van der Waals surface area contributed by atoms with E-state index in [0.29, 0.717) is 17.7 Å². The molecule has 1 aromatic rings. The summed E-state index contributed by atoms with van der Waals surface area (Å²) in [6.45, 7) is 4.12. The van der Waals surface area contributed by atoms with E-state index in [1.54, 1.807) is 0 Å². The van der Waals surface area contributed by atoms with E-state index < -0.39 is 5.54 Å². The third-order valence-electron chi connectivity index (χ3n) is 4.16. The molecule has 1 amide bonds. The van der Waals surface area contributed by atoms with Gasteiger partial charge in [0.2, 0.25) is 0 Å². The lowest BCUT2D eigenvalue weighted by atomic mass is 10.2. The Bertz CT molecular complexity index is 560. The van der Waals surface area contributed by atoms with Crippen LogP contribution in [-0.2, 0) is 0 Å². The smallest absolute Gasteiger partial charge is 0.273 e. The quantitative estimate of drug-likeness (QED) is 0.897. The van der Waals surface area contributed by atoms with Crippen molar-refractivity contribution in [2.75, 3.05) is 0 Å². The van der Waals surface area contributed by atoms with E-state index >= 15 is 0 Å². The van der Waals surface area contributed by atoms with Gasteiger partial charge in [0, 0.05) is 5.69 Å². The normalized spacial score (nSPS) is 21.5. The van der Waals surface area contributed by atoms with E-state index in [1.165, 1.54) is 12.8 Å². The number of hydrogen-bond donors (Lipinski definition) is 1. The van der Waals surface area contributed by atoms with Crippen LogP contribution in [0.5, 0.6) is 0 Å². The lowest BCUT2D eigenvalue weighted by Gasteiger charge is -2.12. The van der Waals surface area contributed by atoms with Gasteiger partial charge >= 0.3 is 0 Å². The molecule has 1 N–H and O–H groups in total. The molecular weight excluding hydrogens is 240 g/mol. The van der Waals surface area contributed by atoms with Gasteiger partial charge in [0.05, 0.1) is 12.1 Å². The Morgan fingerprint density at radius 1 is 1.63 bits per heavy atom. The lowest BCUT2D eigenvalue weighted by Crippen LogP contribution is -2.35. The van der Waals surface area contributed by atoms with Crippen molar-refractivity contribution < 1.29 is 4.79 Å². The van der Waals surface area contributed by atoms with Crippen LogP contribution in [0.4, 0.5) is 0 Å². The van der Waals surface area contributed by atoms with Crippen LogP contribution in [-0.4, -0.2) is 21.2 Å². The van der Waals surface area contributed by atoms with E-state index in [-0.39, 0.29) is 5.91 Å². The molecule has 0 saturated heterocycles. The van der Waals surface area contributed by atoms with Gasteiger partial charge in [-0.15, -0.1) is 0 Å². The molecule has 1 aromatic heterocycles. The number of hydrogen-bond acceptors (Lipinski definition) is 3. The Morgan fingerprint density at radius 2 is 2.32 bits per heavy atom. The minimum absolute atomic E-state index is 0.233. The highest BCUT2D eigenvalue weighted by Crippen LogP contribution is 2.39. The largest absolute Gasteiger partial charge is 0.332 e. The van der Waals surface area contributed by atoms with Crippen molar-refractivity contribution in [1.29, 1.82) is 5.26 Å². The van der Waals surface area contributed by atoms with Gasteiger partial charge in [0.15, 0.2) is 0 Å². The van der Waals surface area contributed by atoms with Crippen molar-refractivity contribution in [3.63, 3.8) is 0 Å². The topological polar surface area (TPSA) is 70.7 Å². The molecule has 2 saturated carbocycles. The van der Waals surface area contributed by atoms with E-state index in [0.717, 1.165) is 18.5 Å². The molecule has 0 bridgehead atoms. The van der Waals surface area contributed by atoms with Crippen LogP contribution >= 0.6 is 0 Å². The predicted molar refractivity (Wildman–Crippen MR) is 69.4 cm³/mol. The summed E-state index contributed by atoms with van der Waals surface area (Å²) in [5.74, 6) is 0.465. The van der Waals surface area contributed by atoms with Crippen molar-refractivity contribution in [2.45, 2.75) is 51.1 Å². The molecule has 0 spiro atoms. The fourth-order valence-electron chi connectivity index (χ4n) is 2.46. The summed E-state index contributed by atoms with van der Waals surface area (Å²) in [7, 11) is 0. The SMILES string of the molecule is Cc1cc(C(=O)NC2(C#N)CC2)nn1C(C)C1CC1. The molecule has 3 rings (SSSR count). The Morgan fingerprint density at radius 3 is 2.84 bits per heavy atom. The maximum absolute atomic E-state index is 12.1. The summed E-state index contributed by atoms with van der Waals surface area (Å²) in [5.41, 5.74) is 0.800. The summed E-state index contributed by atoms with van der Waals surface area (Å²) >= 11 is 0.